The third-order valence-corrected chi connectivity index (χ3v) is 4.29. The molecule has 0 fully saturated rings. The molecule has 1 aromatic rings. The summed E-state index contributed by atoms with van der Waals surface area (Å²) in [5.41, 5.74) is 6.39. The van der Waals surface area contributed by atoms with Crippen LogP contribution < -0.4 is 10.7 Å². The monoisotopic (exact) mass is 329 g/mol. The van der Waals surface area contributed by atoms with Crippen LogP contribution in [0.3, 0.4) is 0 Å². The van der Waals surface area contributed by atoms with Crippen molar-refractivity contribution in [2.75, 3.05) is 6.54 Å². The maximum Gasteiger partial charge on any atom is 0.244 e. The zero-order valence-corrected chi connectivity index (χ0v) is 14.8. The van der Waals surface area contributed by atoms with Crippen LogP contribution in [0.4, 0.5) is 0 Å². The number of carbonyl (C=O) groups is 2. The molecule has 0 bridgehead atoms. The van der Waals surface area contributed by atoms with Crippen molar-refractivity contribution in [1.82, 2.24) is 15.8 Å². The normalized spacial score (nSPS) is 15.5. The summed E-state index contributed by atoms with van der Waals surface area (Å²) in [6, 6.07) is 8.47. The molecule has 1 heterocycles. The molecule has 1 unspecified atom stereocenters. The molecule has 1 atom stereocenters. The first-order chi connectivity index (χ1) is 11.5. The molecule has 1 aliphatic rings. The van der Waals surface area contributed by atoms with E-state index in [-0.39, 0.29) is 17.9 Å². The van der Waals surface area contributed by atoms with E-state index >= 15 is 0 Å². The van der Waals surface area contributed by atoms with Crippen molar-refractivity contribution in [2.24, 2.45) is 0 Å². The Bertz CT molecular complexity index is 608. The molecule has 0 aromatic heterocycles. The van der Waals surface area contributed by atoms with Gasteiger partial charge in [0.05, 0.1) is 12.2 Å². The van der Waals surface area contributed by atoms with Crippen LogP contribution in [0, 0.1) is 0 Å². The predicted octanol–water partition coefficient (Wildman–Crippen LogP) is 2.63. The average molecular weight is 329 g/mol. The van der Waals surface area contributed by atoms with Crippen LogP contribution in [0.2, 0.25) is 0 Å². The minimum atomic E-state index is -0.0256. The summed E-state index contributed by atoms with van der Waals surface area (Å²) in [5.74, 6) is -0.0392. The van der Waals surface area contributed by atoms with Crippen molar-refractivity contribution in [3.8, 4) is 0 Å². The van der Waals surface area contributed by atoms with E-state index in [1.54, 1.807) is 5.01 Å². The summed E-state index contributed by atoms with van der Waals surface area (Å²) in [6.07, 6.45) is 4.45. The van der Waals surface area contributed by atoms with Crippen LogP contribution >= 0.6 is 0 Å². The lowest BCUT2D eigenvalue weighted by Crippen LogP contribution is -2.46. The van der Waals surface area contributed by atoms with E-state index < -0.39 is 0 Å². The van der Waals surface area contributed by atoms with Crippen LogP contribution in [0.15, 0.2) is 30.3 Å². The molecule has 2 N–H and O–H groups in total. The van der Waals surface area contributed by atoms with Gasteiger partial charge in [0.2, 0.25) is 11.8 Å². The molecule has 0 saturated heterocycles. The van der Waals surface area contributed by atoms with E-state index in [1.165, 1.54) is 5.56 Å². The summed E-state index contributed by atoms with van der Waals surface area (Å²) < 4.78 is 0. The molecule has 0 spiro atoms. The number of benzene rings is 1. The SMILES string of the molecule is CCc1ccc(C2=CCC(=O)N(CCC(=O)NC(C)CC)N2)cc1. The Morgan fingerprint density at radius 2 is 2.00 bits per heavy atom. The Morgan fingerprint density at radius 1 is 1.29 bits per heavy atom. The number of nitrogens with zero attached hydrogens (tertiary/aromatic N) is 1. The van der Waals surface area contributed by atoms with Gasteiger partial charge in [0, 0.05) is 18.9 Å². The number of carbonyl (C=O) groups excluding carboxylic acids is 2. The van der Waals surface area contributed by atoms with Crippen molar-refractivity contribution in [3.05, 3.63) is 41.5 Å². The number of hydrazine groups is 1. The van der Waals surface area contributed by atoms with Gasteiger partial charge in [-0.1, -0.05) is 38.1 Å². The Kier molecular flexibility index (Phi) is 6.41. The number of rotatable bonds is 7. The Hall–Kier alpha value is -2.30. The van der Waals surface area contributed by atoms with Gasteiger partial charge in [-0.15, -0.1) is 0 Å². The quantitative estimate of drug-likeness (QED) is 0.808. The van der Waals surface area contributed by atoms with Gasteiger partial charge in [0.25, 0.3) is 0 Å². The van der Waals surface area contributed by atoms with Crippen LogP contribution in [0.1, 0.15) is 51.2 Å². The van der Waals surface area contributed by atoms with Crippen LogP contribution in [-0.4, -0.2) is 29.4 Å². The molecule has 2 rings (SSSR count). The highest BCUT2D eigenvalue weighted by atomic mass is 16.2. The largest absolute Gasteiger partial charge is 0.354 e. The average Bonchev–Trinajstić information content (AvgIpc) is 2.61. The highest BCUT2D eigenvalue weighted by Gasteiger charge is 2.20. The van der Waals surface area contributed by atoms with Crippen molar-refractivity contribution < 1.29 is 9.59 Å². The van der Waals surface area contributed by atoms with E-state index in [9.17, 15) is 9.59 Å². The third kappa shape index (κ3) is 4.85. The Morgan fingerprint density at radius 3 is 2.62 bits per heavy atom. The first-order valence-electron chi connectivity index (χ1n) is 8.69. The maximum atomic E-state index is 12.0. The van der Waals surface area contributed by atoms with E-state index in [0.717, 1.165) is 24.1 Å². The van der Waals surface area contributed by atoms with E-state index in [4.69, 9.17) is 0 Å². The van der Waals surface area contributed by atoms with Gasteiger partial charge in [-0.2, -0.15) is 0 Å². The second-order valence-corrected chi connectivity index (χ2v) is 6.16. The first-order valence-corrected chi connectivity index (χ1v) is 8.69. The molecule has 0 saturated carbocycles. The predicted molar refractivity (Wildman–Crippen MR) is 95.8 cm³/mol. The van der Waals surface area contributed by atoms with Gasteiger partial charge in [-0.3, -0.25) is 20.0 Å². The topological polar surface area (TPSA) is 61.4 Å². The lowest BCUT2D eigenvalue weighted by molar-refractivity contribution is -0.133. The molecular weight excluding hydrogens is 302 g/mol. The molecular formula is C19H27N3O2. The summed E-state index contributed by atoms with van der Waals surface area (Å²) in [7, 11) is 0. The standard InChI is InChI=1S/C19H27N3O2/c1-4-14(3)20-18(23)12-13-22-19(24)11-10-17(21-22)16-8-6-15(5-2)7-9-16/h6-10,14,21H,4-5,11-13H2,1-3H3,(H,20,23). The fourth-order valence-electron chi connectivity index (χ4n) is 2.50. The summed E-state index contributed by atoms with van der Waals surface area (Å²) >= 11 is 0. The maximum absolute atomic E-state index is 12.0. The van der Waals surface area contributed by atoms with Crippen LogP contribution in [-0.2, 0) is 16.0 Å². The van der Waals surface area contributed by atoms with Crippen LogP contribution in [0.25, 0.3) is 5.70 Å². The molecule has 5 nitrogen and oxygen atoms in total. The fourth-order valence-corrected chi connectivity index (χ4v) is 2.50. The molecule has 1 aromatic carbocycles. The Balaban J connectivity index is 1.94. The molecule has 5 heteroatoms. The van der Waals surface area contributed by atoms with Crippen molar-refractivity contribution in [1.29, 1.82) is 0 Å². The van der Waals surface area contributed by atoms with E-state index in [1.807, 2.05) is 19.9 Å². The van der Waals surface area contributed by atoms with E-state index in [2.05, 4.69) is 41.9 Å². The summed E-state index contributed by atoms with van der Waals surface area (Å²) in [5, 5.41) is 4.46. The van der Waals surface area contributed by atoms with E-state index in [0.29, 0.717) is 19.4 Å². The molecule has 1 aliphatic heterocycles. The number of hydrogen-bond donors (Lipinski definition) is 2. The van der Waals surface area contributed by atoms with Gasteiger partial charge < -0.3 is 5.32 Å². The lowest BCUT2D eigenvalue weighted by atomic mass is 10.1. The number of amides is 2. The zero-order valence-electron chi connectivity index (χ0n) is 14.8. The first kappa shape index (κ1) is 18.0. The summed E-state index contributed by atoms with van der Waals surface area (Å²) in [6.45, 7) is 6.49. The number of nitrogens with one attached hydrogen (secondary N) is 2. The molecule has 24 heavy (non-hydrogen) atoms. The van der Waals surface area contributed by atoms with Gasteiger partial charge >= 0.3 is 0 Å². The van der Waals surface area contributed by atoms with Gasteiger partial charge in [0.1, 0.15) is 0 Å². The fraction of sp³-hybridized carbons (Fsp3) is 0.474. The molecule has 130 valence electrons. The zero-order chi connectivity index (χ0) is 17.5. The minimum absolute atomic E-state index is 0.0136. The highest BCUT2D eigenvalue weighted by molar-refractivity contribution is 5.84. The molecule has 0 radical (unpaired) electrons. The van der Waals surface area contributed by atoms with Crippen molar-refractivity contribution >= 4 is 17.5 Å². The molecule has 0 aliphatic carbocycles. The van der Waals surface area contributed by atoms with Crippen LogP contribution in [0.5, 0.6) is 0 Å². The smallest absolute Gasteiger partial charge is 0.244 e. The lowest BCUT2D eigenvalue weighted by Gasteiger charge is -2.29. The number of hydrogen-bond acceptors (Lipinski definition) is 3. The Labute approximate surface area is 144 Å². The third-order valence-electron chi connectivity index (χ3n) is 4.29. The molecule has 2 amide bonds. The van der Waals surface area contributed by atoms with Gasteiger partial charge in [-0.05, 0) is 37.0 Å². The van der Waals surface area contributed by atoms with Crippen molar-refractivity contribution in [2.45, 2.75) is 52.5 Å². The van der Waals surface area contributed by atoms with Gasteiger partial charge in [-0.25, -0.2) is 0 Å². The number of aryl methyl sites for hydroxylation is 1. The van der Waals surface area contributed by atoms with Gasteiger partial charge in [0.15, 0.2) is 0 Å². The second kappa shape index (κ2) is 8.52. The summed E-state index contributed by atoms with van der Waals surface area (Å²) in [4.78, 5) is 23.9. The van der Waals surface area contributed by atoms with Crippen molar-refractivity contribution in [3.63, 3.8) is 0 Å². The second-order valence-electron chi connectivity index (χ2n) is 6.16. The minimum Gasteiger partial charge on any atom is -0.354 e. The highest BCUT2D eigenvalue weighted by Crippen LogP contribution is 2.18.